The Kier molecular flexibility index (Phi) is 7.55. The number of hydrogen-bond donors (Lipinski definition) is 1. The zero-order valence-corrected chi connectivity index (χ0v) is 19.4. The van der Waals surface area contributed by atoms with Crippen LogP contribution in [-0.4, -0.2) is 42.1 Å². The Morgan fingerprint density at radius 2 is 1.88 bits per heavy atom. The lowest BCUT2D eigenvalue weighted by Crippen LogP contribution is -2.36. The summed E-state index contributed by atoms with van der Waals surface area (Å²) in [5.41, 5.74) is 2.30. The van der Waals surface area contributed by atoms with Gasteiger partial charge in [0.05, 0.1) is 19.0 Å². The number of methoxy groups -OCH3 is 1. The number of amides is 1. The Labute approximate surface area is 196 Å². The molecular formula is C25H25ClN2O5. The topological polar surface area (TPSA) is 86.6 Å². The molecule has 0 saturated heterocycles. The van der Waals surface area contributed by atoms with E-state index in [9.17, 15) is 14.4 Å². The summed E-state index contributed by atoms with van der Waals surface area (Å²) in [6.07, 6.45) is 0.460. The Morgan fingerprint density at radius 1 is 1.18 bits per heavy atom. The van der Waals surface area contributed by atoms with Gasteiger partial charge in [0.2, 0.25) is 0 Å². The van der Waals surface area contributed by atoms with Crippen LogP contribution in [0.25, 0.3) is 10.9 Å². The minimum Gasteiger partial charge on any atom is -0.497 e. The first-order valence-electron chi connectivity index (χ1n) is 10.3. The molecule has 0 spiro atoms. The summed E-state index contributed by atoms with van der Waals surface area (Å²) in [6.45, 7) is 7.08. The number of halogens is 1. The maximum atomic E-state index is 13.3. The summed E-state index contributed by atoms with van der Waals surface area (Å²) in [5.74, 6) is -0.663. The maximum Gasteiger partial charge on any atom is 0.311 e. The van der Waals surface area contributed by atoms with Crippen LogP contribution in [0, 0.1) is 6.92 Å². The number of carbonyl (C=O) groups excluding carboxylic acids is 3. The molecule has 0 saturated carbocycles. The highest BCUT2D eigenvalue weighted by Crippen LogP contribution is 2.31. The zero-order valence-electron chi connectivity index (χ0n) is 18.7. The SMILES string of the molecule is C=CCNC(=O)[C@@H](C)OC(=O)Cc1c(C)n(C(=O)c2ccc(Cl)cc2)c2ccc(OC)cc12. The average molecular weight is 469 g/mol. The monoisotopic (exact) mass is 468 g/mol. The fraction of sp³-hybridized carbons (Fsp3) is 0.240. The molecule has 172 valence electrons. The van der Waals surface area contributed by atoms with Gasteiger partial charge in [0, 0.05) is 28.2 Å². The van der Waals surface area contributed by atoms with Crippen molar-refractivity contribution in [1.82, 2.24) is 9.88 Å². The molecule has 2 aromatic carbocycles. The van der Waals surface area contributed by atoms with Gasteiger partial charge in [0.15, 0.2) is 6.10 Å². The quantitative estimate of drug-likeness (QED) is 0.397. The highest BCUT2D eigenvalue weighted by molar-refractivity contribution is 6.30. The van der Waals surface area contributed by atoms with Crippen molar-refractivity contribution in [3.05, 3.63) is 77.0 Å². The summed E-state index contributed by atoms with van der Waals surface area (Å²) in [7, 11) is 1.54. The third-order valence-corrected chi connectivity index (χ3v) is 5.51. The second kappa shape index (κ2) is 10.4. The first-order valence-corrected chi connectivity index (χ1v) is 10.7. The van der Waals surface area contributed by atoms with E-state index >= 15 is 0 Å². The minimum atomic E-state index is -0.962. The molecular weight excluding hydrogens is 444 g/mol. The summed E-state index contributed by atoms with van der Waals surface area (Å²) in [5, 5.41) is 3.81. The molecule has 0 unspecified atom stereocenters. The predicted molar refractivity (Wildman–Crippen MR) is 127 cm³/mol. The van der Waals surface area contributed by atoms with E-state index < -0.39 is 18.0 Å². The molecule has 0 aliphatic heterocycles. The van der Waals surface area contributed by atoms with Crippen LogP contribution in [0.15, 0.2) is 55.1 Å². The first-order chi connectivity index (χ1) is 15.8. The summed E-state index contributed by atoms with van der Waals surface area (Å²) in [6, 6.07) is 11.9. The van der Waals surface area contributed by atoms with Crippen molar-refractivity contribution in [3.8, 4) is 5.75 Å². The van der Waals surface area contributed by atoms with Gasteiger partial charge in [-0.1, -0.05) is 17.7 Å². The first kappa shape index (κ1) is 24.1. The van der Waals surface area contributed by atoms with Crippen molar-refractivity contribution >= 4 is 40.3 Å². The molecule has 1 atom stereocenters. The van der Waals surface area contributed by atoms with E-state index in [4.69, 9.17) is 21.1 Å². The number of benzene rings is 2. The van der Waals surface area contributed by atoms with E-state index in [0.717, 1.165) is 0 Å². The molecule has 33 heavy (non-hydrogen) atoms. The van der Waals surface area contributed by atoms with Crippen molar-refractivity contribution in [2.24, 2.45) is 0 Å². The Bertz CT molecular complexity index is 1210. The number of carbonyl (C=O) groups is 3. The third kappa shape index (κ3) is 5.26. The number of hydrogen-bond acceptors (Lipinski definition) is 5. The van der Waals surface area contributed by atoms with Crippen molar-refractivity contribution in [1.29, 1.82) is 0 Å². The fourth-order valence-electron chi connectivity index (χ4n) is 3.55. The Morgan fingerprint density at radius 3 is 2.52 bits per heavy atom. The lowest BCUT2D eigenvalue weighted by Gasteiger charge is -2.13. The molecule has 0 fully saturated rings. The standard InChI is InChI=1S/C25H25ClN2O5/c1-5-12-27-24(30)16(3)33-23(29)14-20-15(2)28(22-11-10-19(32-4)13-21(20)22)25(31)17-6-8-18(26)9-7-17/h5-11,13,16H,1,12,14H2,2-4H3,(H,27,30)/t16-/m1/s1. The molecule has 1 N–H and O–H groups in total. The molecule has 0 radical (unpaired) electrons. The smallest absolute Gasteiger partial charge is 0.311 e. The molecule has 0 bridgehead atoms. The van der Waals surface area contributed by atoms with Crippen molar-refractivity contribution < 1.29 is 23.9 Å². The van der Waals surface area contributed by atoms with Crippen LogP contribution in [0.3, 0.4) is 0 Å². The number of fused-ring (bicyclic) bond motifs is 1. The van der Waals surface area contributed by atoms with Crippen LogP contribution < -0.4 is 10.1 Å². The van der Waals surface area contributed by atoms with Crippen molar-refractivity contribution in [2.45, 2.75) is 26.4 Å². The molecule has 7 nitrogen and oxygen atoms in total. The van der Waals surface area contributed by atoms with Gasteiger partial charge in [-0.3, -0.25) is 19.0 Å². The average Bonchev–Trinajstić information content (AvgIpc) is 3.07. The van der Waals surface area contributed by atoms with E-state index in [1.165, 1.54) is 13.0 Å². The molecule has 8 heteroatoms. The van der Waals surface area contributed by atoms with E-state index in [0.29, 0.717) is 38.5 Å². The van der Waals surface area contributed by atoms with Gasteiger partial charge >= 0.3 is 5.97 Å². The Hall–Kier alpha value is -3.58. The lowest BCUT2D eigenvalue weighted by atomic mass is 10.1. The molecule has 3 rings (SSSR count). The molecule has 1 aromatic heterocycles. The summed E-state index contributed by atoms with van der Waals surface area (Å²) < 4.78 is 12.2. The second-order valence-corrected chi connectivity index (χ2v) is 7.87. The number of ether oxygens (including phenoxy) is 2. The predicted octanol–water partition coefficient (Wildman–Crippen LogP) is 4.08. The second-order valence-electron chi connectivity index (χ2n) is 7.44. The largest absolute Gasteiger partial charge is 0.497 e. The lowest BCUT2D eigenvalue weighted by molar-refractivity contribution is -0.154. The van der Waals surface area contributed by atoms with Gasteiger partial charge in [-0.05, 0) is 61.9 Å². The van der Waals surface area contributed by atoms with Gasteiger partial charge in [-0.25, -0.2) is 0 Å². The van der Waals surface area contributed by atoms with Gasteiger partial charge in [-0.2, -0.15) is 0 Å². The fourth-order valence-corrected chi connectivity index (χ4v) is 3.67. The van der Waals surface area contributed by atoms with E-state index in [-0.39, 0.29) is 18.9 Å². The third-order valence-electron chi connectivity index (χ3n) is 5.26. The zero-order chi connectivity index (χ0) is 24.1. The van der Waals surface area contributed by atoms with E-state index in [2.05, 4.69) is 11.9 Å². The van der Waals surface area contributed by atoms with Gasteiger partial charge in [0.1, 0.15) is 5.75 Å². The summed E-state index contributed by atoms with van der Waals surface area (Å²) >= 11 is 5.96. The van der Waals surface area contributed by atoms with Crippen LogP contribution >= 0.6 is 11.6 Å². The number of aromatic nitrogens is 1. The number of nitrogens with one attached hydrogen (secondary N) is 1. The van der Waals surface area contributed by atoms with Crippen LogP contribution in [0.5, 0.6) is 5.75 Å². The maximum absolute atomic E-state index is 13.3. The van der Waals surface area contributed by atoms with Crippen molar-refractivity contribution in [3.63, 3.8) is 0 Å². The van der Waals surface area contributed by atoms with Gasteiger partial charge in [-0.15, -0.1) is 6.58 Å². The minimum absolute atomic E-state index is 0.116. The highest BCUT2D eigenvalue weighted by Gasteiger charge is 2.24. The van der Waals surface area contributed by atoms with Crippen LogP contribution in [0.1, 0.15) is 28.5 Å². The van der Waals surface area contributed by atoms with Gasteiger partial charge < -0.3 is 14.8 Å². The Balaban J connectivity index is 1.97. The molecule has 1 amide bonds. The van der Waals surface area contributed by atoms with E-state index in [1.54, 1.807) is 61.1 Å². The number of esters is 1. The normalized spacial score (nSPS) is 11.6. The van der Waals surface area contributed by atoms with Crippen LogP contribution in [-0.2, 0) is 20.7 Å². The van der Waals surface area contributed by atoms with Gasteiger partial charge in [0.25, 0.3) is 11.8 Å². The molecule has 1 heterocycles. The number of nitrogens with zero attached hydrogens (tertiary/aromatic N) is 1. The van der Waals surface area contributed by atoms with Crippen molar-refractivity contribution in [2.75, 3.05) is 13.7 Å². The molecule has 0 aliphatic carbocycles. The summed E-state index contributed by atoms with van der Waals surface area (Å²) in [4.78, 5) is 38.0. The van der Waals surface area contributed by atoms with Crippen LogP contribution in [0.4, 0.5) is 0 Å². The molecule has 3 aromatic rings. The van der Waals surface area contributed by atoms with E-state index in [1.807, 2.05) is 0 Å². The number of rotatable bonds is 8. The highest BCUT2D eigenvalue weighted by atomic mass is 35.5. The molecule has 0 aliphatic rings. The van der Waals surface area contributed by atoms with Crippen LogP contribution in [0.2, 0.25) is 5.02 Å².